The van der Waals surface area contributed by atoms with Crippen LogP contribution in [0, 0.1) is 0 Å². The molecule has 2 atom stereocenters. The fraction of sp³-hybridized carbons (Fsp3) is 0.391. The van der Waals surface area contributed by atoms with Crippen molar-refractivity contribution in [3.05, 3.63) is 64.2 Å². The standard InChI is InChI=1S/C23H25N3O3S/c27-21-14-18(12-15-6-2-1-3-7-15)30(29,25-21)26-23(28)24-22-19-10-4-8-16(19)13-17-9-5-11-20(17)22/h1-3,6-7,13,18H,4-5,8-12,14H2,(H2,24,25,26,27,28,29). The van der Waals surface area contributed by atoms with E-state index in [-0.39, 0.29) is 12.3 Å². The second-order valence-corrected chi connectivity index (χ2v) is 10.6. The number of carbonyl (C=O) groups excluding carboxylic acids is 2. The maximum atomic E-state index is 13.4. The molecule has 3 amide bonds. The van der Waals surface area contributed by atoms with Gasteiger partial charge >= 0.3 is 6.03 Å². The van der Waals surface area contributed by atoms with Gasteiger partial charge in [0, 0.05) is 12.1 Å². The number of rotatable bonds is 3. The molecular weight excluding hydrogens is 398 g/mol. The van der Waals surface area contributed by atoms with Crippen LogP contribution in [0.3, 0.4) is 0 Å². The highest BCUT2D eigenvalue weighted by molar-refractivity contribution is 7.93. The molecule has 0 bridgehead atoms. The van der Waals surface area contributed by atoms with Gasteiger partial charge in [-0.05, 0) is 72.8 Å². The Morgan fingerprint density at radius 2 is 1.73 bits per heavy atom. The van der Waals surface area contributed by atoms with E-state index in [0.717, 1.165) is 49.8 Å². The number of fused-ring (bicyclic) bond motifs is 2. The van der Waals surface area contributed by atoms with E-state index in [1.165, 1.54) is 22.3 Å². The van der Waals surface area contributed by atoms with E-state index in [1.54, 1.807) is 0 Å². The lowest BCUT2D eigenvalue weighted by molar-refractivity contribution is -0.118. The minimum Gasteiger partial charge on any atom is -0.305 e. The number of benzene rings is 2. The predicted octanol–water partition coefficient (Wildman–Crippen LogP) is 3.71. The molecule has 3 aliphatic rings. The molecule has 2 unspecified atom stereocenters. The lowest BCUT2D eigenvalue weighted by atomic mass is 9.99. The third-order valence-corrected chi connectivity index (χ3v) is 8.55. The number of nitrogens with one attached hydrogen (secondary N) is 2. The normalized spacial score (nSPS) is 24.3. The second-order valence-electron chi connectivity index (χ2n) is 8.37. The molecule has 2 aliphatic carbocycles. The molecule has 1 saturated heterocycles. The highest BCUT2D eigenvalue weighted by Crippen LogP contribution is 2.38. The summed E-state index contributed by atoms with van der Waals surface area (Å²) in [5.74, 6) is -0.320. The van der Waals surface area contributed by atoms with E-state index >= 15 is 0 Å². The van der Waals surface area contributed by atoms with Crippen LogP contribution in [0.4, 0.5) is 10.5 Å². The number of hydrogen-bond acceptors (Lipinski definition) is 3. The summed E-state index contributed by atoms with van der Waals surface area (Å²) in [5.41, 5.74) is 6.87. The van der Waals surface area contributed by atoms with E-state index in [0.29, 0.717) is 6.42 Å². The third kappa shape index (κ3) is 3.51. The van der Waals surface area contributed by atoms with Crippen molar-refractivity contribution < 1.29 is 13.8 Å². The van der Waals surface area contributed by atoms with Gasteiger partial charge in [0.15, 0.2) is 0 Å². The molecule has 1 aliphatic heterocycles. The molecule has 7 heteroatoms. The van der Waals surface area contributed by atoms with Gasteiger partial charge in [0.1, 0.15) is 9.92 Å². The number of carbonyl (C=O) groups is 2. The van der Waals surface area contributed by atoms with Crippen LogP contribution in [-0.4, -0.2) is 21.4 Å². The van der Waals surface area contributed by atoms with Crippen molar-refractivity contribution in [2.45, 2.75) is 56.6 Å². The van der Waals surface area contributed by atoms with Gasteiger partial charge in [-0.15, -0.1) is 4.36 Å². The van der Waals surface area contributed by atoms with Crippen LogP contribution >= 0.6 is 0 Å². The van der Waals surface area contributed by atoms with Gasteiger partial charge in [-0.3, -0.25) is 9.52 Å². The topological polar surface area (TPSA) is 87.6 Å². The molecule has 2 N–H and O–H groups in total. The van der Waals surface area contributed by atoms with E-state index in [2.05, 4.69) is 20.5 Å². The monoisotopic (exact) mass is 423 g/mol. The number of nitrogens with zero attached hydrogens (tertiary/aromatic N) is 1. The Morgan fingerprint density at radius 3 is 2.40 bits per heavy atom. The van der Waals surface area contributed by atoms with Crippen LogP contribution in [0.2, 0.25) is 0 Å². The molecule has 0 aromatic heterocycles. The number of hydrogen-bond donors (Lipinski definition) is 2. The molecule has 156 valence electrons. The van der Waals surface area contributed by atoms with Gasteiger partial charge in [0.2, 0.25) is 5.91 Å². The molecule has 0 spiro atoms. The minimum atomic E-state index is -3.18. The average Bonchev–Trinajstić information content (AvgIpc) is 3.42. The van der Waals surface area contributed by atoms with E-state index < -0.39 is 21.2 Å². The molecule has 0 radical (unpaired) electrons. The fourth-order valence-corrected chi connectivity index (χ4v) is 6.85. The Hall–Kier alpha value is -2.67. The maximum absolute atomic E-state index is 13.4. The average molecular weight is 424 g/mol. The fourth-order valence-electron chi connectivity index (χ4n) is 4.99. The Labute approximate surface area is 176 Å². The smallest absolute Gasteiger partial charge is 0.305 e. The van der Waals surface area contributed by atoms with Crippen molar-refractivity contribution >= 4 is 27.5 Å². The summed E-state index contributed by atoms with van der Waals surface area (Å²) in [6.07, 6.45) is 6.69. The van der Waals surface area contributed by atoms with Crippen molar-refractivity contribution in [2.75, 3.05) is 5.32 Å². The molecular formula is C23H25N3O3S. The molecule has 0 saturated carbocycles. The maximum Gasteiger partial charge on any atom is 0.354 e. The zero-order chi connectivity index (χ0) is 20.7. The number of aryl methyl sites for hydroxylation is 2. The molecule has 30 heavy (non-hydrogen) atoms. The van der Waals surface area contributed by atoms with E-state index in [1.807, 2.05) is 30.3 Å². The van der Waals surface area contributed by atoms with Crippen LogP contribution in [0.1, 0.15) is 47.1 Å². The molecule has 5 rings (SSSR count). The summed E-state index contributed by atoms with van der Waals surface area (Å²) in [6.45, 7) is 0. The third-order valence-electron chi connectivity index (χ3n) is 6.35. The first-order chi connectivity index (χ1) is 14.5. The van der Waals surface area contributed by atoms with Crippen LogP contribution in [0.25, 0.3) is 0 Å². The van der Waals surface area contributed by atoms with Gasteiger partial charge in [-0.1, -0.05) is 36.4 Å². The second kappa shape index (κ2) is 7.54. The molecule has 2 aromatic rings. The lowest BCUT2D eigenvalue weighted by Gasteiger charge is -2.16. The highest BCUT2D eigenvalue weighted by Gasteiger charge is 2.36. The van der Waals surface area contributed by atoms with E-state index in [4.69, 9.17) is 0 Å². The summed E-state index contributed by atoms with van der Waals surface area (Å²) in [4.78, 5) is 24.9. The van der Waals surface area contributed by atoms with Crippen LogP contribution in [-0.2, 0) is 46.8 Å². The van der Waals surface area contributed by atoms with E-state index in [9.17, 15) is 13.8 Å². The molecule has 6 nitrogen and oxygen atoms in total. The van der Waals surface area contributed by atoms with Gasteiger partial charge in [0.25, 0.3) is 0 Å². The van der Waals surface area contributed by atoms with Gasteiger partial charge < -0.3 is 5.32 Å². The Kier molecular flexibility index (Phi) is 4.85. The quantitative estimate of drug-likeness (QED) is 0.789. The summed E-state index contributed by atoms with van der Waals surface area (Å²) in [7, 11) is -3.18. The van der Waals surface area contributed by atoms with Gasteiger partial charge in [-0.25, -0.2) is 9.00 Å². The van der Waals surface area contributed by atoms with Crippen LogP contribution in [0.5, 0.6) is 0 Å². The van der Waals surface area contributed by atoms with Crippen molar-refractivity contribution in [1.82, 2.24) is 4.72 Å². The van der Waals surface area contributed by atoms with Crippen LogP contribution < -0.4 is 10.0 Å². The van der Waals surface area contributed by atoms with Crippen LogP contribution in [0.15, 0.2) is 40.8 Å². The number of amides is 3. The summed E-state index contributed by atoms with van der Waals surface area (Å²) in [6, 6.07) is 11.2. The Balaban J connectivity index is 1.44. The molecule has 1 fully saturated rings. The SMILES string of the molecule is O=C1CC(Cc2ccccc2)S(=O)(=NC(=O)Nc2c3c(cc4c2CCC4)CCC3)N1. The summed E-state index contributed by atoms with van der Waals surface area (Å²) < 4.78 is 20.0. The van der Waals surface area contributed by atoms with Gasteiger partial charge in [0.05, 0.1) is 5.25 Å². The zero-order valence-electron chi connectivity index (χ0n) is 16.8. The highest BCUT2D eigenvalue weighted by atomic mass is 32.2. The first kappa shape index (κ1) is 19.3. The predicted molar refractivity (Wildman–Crippen MR) is 117 cm³/mol. The first-order valence-electron chi connectivity index (χ1n) is 10.6. The molecule has 2 aromatic carbocycles. The van der Waals surface area contributed by atoms with Crippen molar-refractivity contribution in [3.63, 3.8) is 0 Å². The zero-order valence-corrected chi connectivity index (χ0v) is 17.6. The minimum absolute atomic E-state index is 0.112. The van der Waals surface area contributed by atoms with Crippen molar-refractivity contribution in [2.24, 2.45) is 4.36 Å². The summed E-state index contributed by atoms with van der Waals surface area (Å²) >= 11 is 0. The largest absolute Gasteiger partial charge is 0.354 e. The number of anilines is 1. The first-order valence-corrected chi connectivity index (χ1v) is 12.2. The Bertz CT molecular complexity index is 1120. The van der Waals surface area contributed by atoms with Crippen molar-refractivity contribution in [3.8, 4) is 0 Å². The van der Waals surface area contributed by atoms with Gasteiger partial charge in [-0.2, -0.15) is 0 Å². The Morgan fingerprint density at radius 1 is 1.07 bits per heavy atom. The summed E-state index contributed by atoms with van der Waals surface area (Å²) in [5, 5.41) is 2.44. The number of urea groups is 1. The molecule has 1 heterocycles. The lowest BCUT2D eigenvalue weighted by Crippen LogP contribution is -2.28. The van der Waals surface area contributed by atoms with Crippen molar-refractivity contribution in [1.29, 1.82) is 0 Å².